The Morgan fingerprint density at radius 1 is 1.20 bits per heavy atom. The number of rotatable bonds is 3. The Morgan fingerprint density at radius 2 is 1.92 bits per heavy atom. The second-order valence-corrected chi connectivity index (χ2v) is 9.63. The number of nitrogens with zero attached hydrogens (tertiary/aromatic N) is 2. The first kappa shape index (κ1) is 16.1. The number of fused-ring (bicyclic) bond motifs is 1. The lowest BCUT2D eigenvalue weighted by Gasteiger charge is -2.46. The predicted octanol–water partition coefficient (Wildman–Crippen LogP) is 1.48. The maximum Gasteiger partial charge on any atom is 0.228 e. The van der Waals surface area contributed by atoms with Crippen LogP contribution in [-0.2, 0) is 9.59 Å². The van der Waals surface area contributed by atoms with E-state index >= 15 is 0 Å². The minimum absolute atomic E-state index is 0.0917. The molecule has 0 aromatic rings. The van der Waals surface area contributed by atoms with Gasteiger partial charge < -0.3 is 15.1 Å². The summed E-state index contributed by atoms with van der Waals surface area (Å²) in [5, 5.41) is 3.14. The van der Waals surface area contributed by atoms with Gasteiger partial charge in [-0.3, -0.25) is 9.59 Å². The zero-order valence-electron chi connectivity index (χ0n) is 15.4. The number of hydrogen-bond donors (Lipinski definition) is 1. The van der Waals surface area contributed by atoms with E-state index in [0.717, 1.165) is 64.3 Å². The summed E-state index contributed by atoms with van der Waals surface area (Å²) in [4.78, 5) is 30.2. The van der Waals surface area contributed by atoms with Crippen LogP contribution in [0.1, 0.15) is 45.4 Å². The Kier molecular flexibility index (Phi) is 3.51. The maximum absolute atomic E-state index is 12.9. The lowest BCUT2D eigenvalue weighted by atomic mass is 9.60. The smallest absolute Gasteiger partial charge is 0.228 e. The first-order valence-electron chi connectivity index (χ1n) is 10.3. The van der Waals surface area contributed by atoms with E-state index in [2.05, 4.69) is 22.0 Å². The zero-order valence-corrected chi connectivity index (χ0v) is 15.4. The highest BCUT2D eigenvalue weighted by Gasteiger charge is 2.64. The molecule has 2 spiro atoms. The fourth-order valence-electron chi connectivity index (χ4n) is 6.00. The SMILES string of the molecule is C[C@@H]1C[C@H]1C(=O)N1CCC2(CC1)CN(CC1CC1)C[C@]21CCNC1=O. The van der Waals surface area contributed by atoms with E-state index in [1.807, 2.05) is 0 Å². The third kappa shape index (κ3) is 2.45. The van der Waals surface area contributed by atoms with Crippen LogP contribution in [0.15, 0.2) is 0 Å². The van der Waals surface area contributed by atoms with Crippen molar-refractivity contribution in [1.82, 2.24) is 15.1 Å². The van der Waals surface area contributed by atoms with Crippen molar-refractivity contribution in [2.75, 3.05) is 39.3 Å². The van der Waals surface area contributed by atoms with Crippen molar-refractivity contribution < 1.29 is 9.59 Å². The average Bonchev–Trinajstić information content (AvgIpc) is 3.49. The molecule has 0 aromatic carbocycles. The highest BCUT2D eigenvalue weighted by Crippen LogP contribution is 2.57. The van der Waals surface area contributed by atoms with E-state index < -0.39 is 0 Å². The van der Waals surface area contributed by atoms with Crippen LogP contribution in [0.25, 0.3) is 0 Å². The maximum atomic E-state index is 12.9. The van der Waals surface area contributed by atoms with E-state index in [4.69, 9.17) is 0 Å². The Balaban J connectivity index is 1.33. The summed E-state index contributed by atoms with van der Waals surface area (Å²) in [6, 6.07) is 0. The molecule has 2 aliphatic carbocycles. The lowest BCUT2D eigenvalue weighted by Crippen LogP contribution is -2.53. The third-order valence-electron chi connectivity index (χ3n) is 7.98. The molecular weight excluding hydrogens is 314 g/mol. The standard InChI is InChI=1S/C20H31N3O2/c1-14-10-16(14)17(24)23-8-5-19(6-9-23)12-22(11-15-2-3-15)13-20(19)4-7-21-18(20)25/h14-16H,2-13H2,1H3,(H,21,25)/t14-,16-,20+/m1/s1. The molecule has 5 rings (SSSR count). The van der Waals surface area contributed by atoms with E-state index in [-0.39, 0.29) is 16.7 Å². The minimum Gasteiger partial charge on any atom is -0.356 e. The van der Waals surface area contributed by atoms with Gasteiger partial charge in [-0.25, -0.2) is 0 Å². The van der Waals surface area contributed by atoms with Crippen molar-refractivity contribution >= 4 is 11.8 Å². The van der Waals surface area contributed by atoms with E-state index in [1.54, 1.807) is 0 Å². The van der Waals surface area contributed by atoms with Gasteiger partial charge in [-0.2, -0.15) is 0 Å². The van der Waals surface area contributed by atoms with Crippen molar-refractivity contribution in [3.8, 4) is 0 Å². The summed E-state index contributed by atoms with van der Waals surface area (Å²) in [6.45, 7) is 7.92. The van der Waals surface area contributed by atoms with Crippen LogP contribution in [0, 0.1) is 28.6 Å². The van der Waals surface area contributed by atoms with Gasteiger partial charge in [0.2, 0.25) is 11.8 Å². The molecule has 2 amide bonds. The van der Waals surface area contributed by atoms with E-state index in [1.165, 1.54) is 19.4 Å². The van der Waals surface area contributed by atoms with Crippen molar-refractivity contribution in [2.45, 2.75) is 45.4 Å². The first-order chi connectivity index (χ1) is 12.0. The molecule has 0 unspecified atom stereocenters. The fourth-order valence-corrected chi connectivity index (χ4v) is 6.00. The van der Waals surface area contributed by atoms with Crippen LogP contribution in [0.3, 0.4) is 0 Å². The van der Waals surface area contributed by atoms with Crippen LogP contribution in [0.2, 0.25) is 0 Å². The molecule has 5 aliphatic rings. The molecule has 5 fully saturated rings. The first-order valence-corrected chi connectivity index (χ1v) is 10.3. The van der Waals surface area contributed by atoms with Gasteiger partial charge in [0, 0.05) is 50.6 Å². The summed E-state index contributed by atoms with van der Waals surface area (Å²) in [5.41, 5.74) is -0.0989. The van der Waals surface area contributed by atoms with Gasteiger partial charge in [0.05, 0.1) is 5.41 Å². The number of hydrogen-bond acceptors (Lipinski definition) is 3. The molecule has 0 bridgehead atoms. The minimum atomic E-state index is -0.191. The molecule has 0 aromatic heterocycles. The van der Waals surface area contributed by atoms with Crippen LogP contribution >= 0.6 is 0 Å². The number of likely N-dealkylation sites (tertiary alicyclic amines) is 2. The van der Waals surface area contributed by atoms with Gasteiger partial charge in [-0.05, 0) is 50.4 Å². The summed E-state index contributed by atoms with van der Waals surface area (Å²) >= 11 is 0. The Labute approximate surface area is 150 Å². The largest absolute Gasteiger partial charge is 0.356 e. The fraction of sp³-hybridized carbons (Fsp3) is 0.900. The molecule has 5 nitrogen and oxygen atoms in total. The van der Waals surface area contributed by atoms with Crippen LogP contribution in [0.5, 0.6) is 0 Å². The van der Waals surface area contributed by atoms with Gasteiger partial charge in [0.15, 0.2) is 0 Å². The second-order valence-electron chi connectivity index (χ2n) is 9.63. The Bertz CT molecular complexity index is 594. The van der Waals surface area contributed by atoms with E-state index in [0.29, 0.717) is 17.7 Å². The van der Waals surface area contributed by atoms with Crippen molar-refractivity contribution in [3.63, 3.8) is 0 Å². The highest BCUT2D eigenvalue weighted by atomic mass is 16.2. The number of nitrogens with one attached hydrogen (secondary N) is 1. The molecule has 3 heterocycles. The molecular formula is C20H31N3O2. The average molecular weight is 345 g/mol. The lowest BCUT2D eigenvalue weighted by molar-refractivity contribution is -0.139. The summed E-state index contributed by atoms with van der Waals surface area (Å²) in [7, 11) is 0. The molecule has 138 valence electrons. The van der Waals surface area contributed by atoms with Gasteiger partial charge in [-0.15, -0.1) is 0 Å². The molecule has 3 aliphatic heterocycles. The van der Waals surface area contributed by atoms with Gasteiger partial charge in [0.25, 0.3) is 0 Å². The molecule has 1 N–H and O–H groups in total. The molecule has 3 atom stereocenters. The second kappa shape index (κ2) is 5.45. The molecule has 5 heteroatoms. The number of amides is 2. The van der Waals surface area contributed by atoms with Crippen molar-refractivity contribution in [2.24, 2.45) is 28.6 Å². The van der Waals surface area contributed by atoms with Crippen LogP contribution < -0.4 is 5.32 Å². The molecule has 2 saturated carbocycles. The van der Waals surface area contributed by atoms with Gasteiger partial charge in [0.1, 0.15) is 0 Å². The van der Waals surface area contributed by atoms with Crippen molar-refractivity contribution in [3.05, 3.63) is 0 Å². The molecule has 25 heavy (non-hydrogen) atoms. The van der Waals surface area contributed by atoms with Gasteiger partial charge >= 0.3 is 0 Å². The van der Waals surface area contributed by atoms with Crippen LogP contribution in [-0.4, -0.2) is 60.9 Å². The zero-order chi connectivity index (χ0) is 17.2. The molecule has 3 saturated heterocycles. The monoisotopic (exact) mass is 345 g/mol. The molecule has 0 radical (unpaired) electrons. The topological polar surface area (TPSA) is 52.7 Å². The normalized spacial score (nSPS) is 40.0. The van der Waals surface area contributed by atoms with Crippen LogP contribution in [0.4, 0.5) is 0 Å². The number of carbonyl (C=O) groups is 2. The Hall–Kier alpha value is -1.10. The number of carbonyl (C=O) groups excluding carboxylic acids is 2. The summed E-state index contributed by atoms with van der Waals surface area (Å²) in [5.74, 6) is 2.40. The van der Waals surface area contributed by atoms with Crippen molar-refractivity contribution in [1.29, 1.82) is 0 Å². The van der Waals surface area contributed by atoms with E-state index in [9.17, 15) is 9.59 Å². The highest BCUT2D eigenvalue weighted by molar-refractivity contribution is 5.87. The summed E-state index contributed by atoms with van der Waals surface area (Å²) in [6.07, 6.45) is 6.81. The van der Waals surface area contributed by atoms with Gasteiger partial charge in [-0.1, -0.05) is 6.92 Å². The summed E-state index contributed by atoms with van der Waals surface area (Å²) < 4.78 is 0. The third-order valence-corrected chi connectivity index (χ3v) is 7.98. The quantitative estimate of drug-likeness (QED) is 0.843. The number of piperidine rings is 1. The Morgan fingerprint density at radius 3 is 2.48 bits per heavy atom. The predicted molar refractivity (Wildman–Crippen MR) is 94.7 cm³/mol.